The number of halogens is 1. The molecule has 1 atom stereocenters. The maximum atomic E-state index is 14.9. The van der Waals surface area contributed by atoms with E-state index in [1.165, 1.54) is 17.9 Å². The number of rotatable bonds is 7. The summed E-state index contributed by atoms with van der Waals surface area (Å²) in [6, 6.07) is 15.0. The molecule has 3 aromatic rings. The zero-order chi connectivity index (χ0) is 24.1. The summed E-state index contributed by atoms with van der Waals surface area (Å²) in [4.78, 5) is 40.6. The quantitative estimate of drug-likeness (QED) is 0.561. The number of carbonyl (C=O) groups is 3. The Morgan fingerprint density at radius 2 is 1.82 bits per heavy atom. The fourth-order valence-corrected chi connectivity index (χ4v) is 3.59. The second kappa shape index (κ2) is 10.1. The SMILES string of the molecule is CC(=O)NCC1CN(c2ccc(-c3ccc(CNC(=O)c4ccncc4)cc3)c(F)c2)C(=O)O1. The highest BCUT2D eigenvalue weighted by atomic mass is 19.1. The summed E-state index contributed by atoms with van der Waals surface area (Å²) in [6.45, 7) is 2.14. The van der Waals surface area contributed by atoms with Gasteiger partial charge in [-0.3, -0.25) is 19.5 Å². The maximum absolute atomic E-state index is 14.9. The Morgan fingerprint density at radius 3 is 2.50 bits per heavy atom. The number of ether oxygens (including phenoxy) is 1. The summed E-state index contributed by atoms with van der Waals surface area (Å²) in [7, 11) is 0. The van der Waals surface area contributed by atoms with Crippen LogP contribution in [0.2, 0.25) is 0 Å². The third kappa shape index (κ3) is 5.37. The topological polar surface area (TPSA) is 101 Å². The van der Waals surface area contributed by atoms with E-state index in [0.717, 1.165) is 5.56 Å². The molecule has 8 nitrogen and oxygen atoms in total. The number of pyridine rings is 1. The summed E-state index contributed by atoms with van der Waals surface area (Å²) < 4.78 is 20.1. The zero-order valence-corrected chi connectivity index (χ0v) is 18.5. The van der Waals surface area contributed by atoms with Gasteiger partial charge in [0.25, 0.3) is 5.91 Å². The smallest absolute Gasteiger partial charge is 0.414 e. The number of anilines is 1. The van der Waals surface area contributed by atoms with Crippen LogP contribution in [-0.2, 0) is 16.1 Å². The Morgan fingerprint density at radius 1 is 1.09 bits per heavy atom. The molecule has 1 unspecified atom stereocenters. The lowest BCUT2D eigenvalue weighted by atomic mass is 10.0. The standard InChI is InChI=1S/C25H23FN4O4/c1-16(31)28-14-21-15-30(25(33)34-21)20-6-7-22(23(26)12-20)18-4-2-17(3-5-18)13-29-24(32)19-8-10-27-11-9-19/h2-12,21H,13-15H2,1H3,(H,28,31)(H,29,32). The molecule has 1 aromatic heterocycles. The first-order valence-electron chi connectivity index (χ1n) is 10.7. The average Bonchev–Trinajstić information content (AvgIpc) is 3.22. The van der Waals surface area contributed by atoms with Crippen LogP contribution in [-0.4, -0.2) is 42.1 Å². The summed E-state index contributed by atoms with van der Waals surface area (Å²) in [5, 5.41) is 5.44. The fraction of sp³-hybridized carbons (Fsp3) is 0.200. The van der Waals surface area contributed by atoms with Crippen LogP contribution in [0.5, 0.6) is 0 Å². The molecule has 0 bridgehead atoms. The van der Waals surface area contributed by atoms with Crippen molar-refractivity contribution in [3.05, 3.63) is 83.9 Å². The first-order valence-corrected chi connectivity index (χ1v) is 10.7. The first-order chi connectivity index (χ1) is 16.4. The van der Waals surface area contributed by atoms with Crippen LogP contribution < -0.4 is 15.5 Å². The largest absolute Gasteiger partial charge is 0.442 e. The second-order valence-corrected chi connectivity index (χ2v) is 7.83. The van der Waals surface area contributed by atoms with Crippen LogP contribution in [0.4, 0.5) is 14.9 Å². The Labute approximate surface area is 195 Å². The van der Waals surface area contributed by atoms with Gasteiger partial charge in [0.15, 0.2) is 0 Å². The Kier molecular flexibility index (Phi) is 6.82. The van der Waals surface area contributed by atoms with Crippen molar-refractivity contribution in [2.24, 2.45) is 0 Å². The van der Waals surface area contributed by atoms with E-state index in [9.17, 15) is 18.8 Å². The predicted octanol–water partition coefficient (Wildman–Crippen LogP) is 3.28. The minimum absolute atomic E-state index is 0.201. The van der Waals surface area contributed by atoms with E-state index in [1.807, 2.05) is 12.1 Å². The van der Waals surface area contributed by atoms with Crippen molar-refractivity contribution in [2.45, 2.75) is 19.6 Å². The van der Waals surface area contributed by atoms with Crippen molar-refractivity contribution >= 4 is 23.6 Å². The van der Waals surface area contributed by atoms with Gasteiger partial charge in [-0.1, -0.05) is 24.3 Å². The van der Waals surface area contributed by atoms with Crippen LogP contribution in [0.1, 0.15) is 22.8 Å². The third-order valence-electron chi connectivity index (χ3n) is 5.38. The van der Waals surface area contributed by atoms with Gasteiger partial charge in [-0.2, -0.15) is 0 Å². The summed E-state index contributed by atoms with van der Waals surface area (Å²) in [6.07, 6.45) is 2.03. The number of cyclic esters (lactones) is 1. The number of hydrogen-bond donors (Lipinski definition) is 2. The third-order valence-corrected chi connectivity index (χ3v) is 5.38. The molecular weight excluding hydrogens is 439 g/mol. The molecule has 4 rings (SSSR count). The maximum Gasteiger partial charge on any atom is 0.414 e. The van der Waals surface area contributed by atoms with Gasteiger partial charge in [0.05, 0.1) is 18.8 Å². The molecule has 2 N–H and O–H groups in total. The van der Waals surface area contributed by atoms with Gasteiger partial charge in [-0.05, 0) is 41.5 Å². The van der Waals surface area contributed by atoms with Gasteiger partial charge in [0.2, 0.25) is 5.91 Å². The van der Waals surface area contributed by atoms with Crippen molar-refractivity contribution in [3.8, 4) is 11.1 Å². The Bertz CT molecular complexity index is 1200. The number of amides is 3. The van der Waals surface area contributed by atoms with E-state index >= 15 is 0 Å². The number of nitrogens with zero attached hydrogens (tertiary/aromatic N) is 2. The zero-order valence-electron chi connectivity index (χ0n) is 18.5. The molecule has 1 saturated heterocycles. The van der Waals surface area contributed by atoms with Crippen molar-refractivity contribution in [2.75, 3.05) is 18.0 Å². The number of hydrogen-bond acceptors (Lipinski definition) is 5. The Hall–Kier alpha value is -4.27. The minimum Gasteiger partial charge on any atom is -0.442 e. The van der Waals surface area contributed by atoms with Gasteiger partial charge < -0.3 is 15.4 Å². The van der Waals surface area contributed by atoms with Gasteiger partial charge in [0, 0.05) is 37.0 Å². The fourth-order valence-electron chi connectivity index (χ4n) is 3.59. The van der Waals surface area contributed by atoms with E-state index < -0.39 is 18.0 Å². The van der Waals surface area contributed by atoms with Crippen LogP contribution >= 0.6 is 0 Å². The molecule has 0 spiro atoms. The lowest BCUT2D eigenvalue weighted by Crippen LogP contribution is -2.33. The molecule has 9 heteroatoms. The molecule has 3 amide bonds. The van der Waals surface area contributed by atoms with Gasteiger partial charge in [-0.15, -0.1) is 0 Å². The Balaban J connectivity index is 1.39. The van der Waals surface area contributed by atoms with E-state index in [0.29, 0.717) is 28.9 Å². The lowest BCUT2D eigenvalue weighted by molar-refractivity contribution is -0.119. The molecule has 174 valence electrons. The van der Waals surface area contributed by atoms with E-state index in [4.69, 9.17) is 4.74 Å². The van der Waals surface area contributed by atoms with Crippen LogP contribution in [0.15, 0.2) is 67.0 Å². The van der Waals surface area contributed by atoms with Crippen molar-refractivity contribution in [1.29, 1.82) is 0 Å². The number of nitrogens with one attached hydrogen (secondary N) is 2. The molecule has 2 heterocycles. The van der Waals surface area contributed by atoms with Crippen LogP contribution in [0.3, 0.4) is 0 Å². The minimum atomic E-state index is -0.583. The molecule has 0 radical (unpaired) electrons. The second-order valence-electron chi connectivity index (χ2n) is 7.83. The summed E-state index contributed by atoms with van der Waals surface area (Å²) in [5.41, 5.74) is 2.83. The molecule has 1 aliphatic rings. The highest BCUT2D eigenvalue weighted by Crippen LogP contribution is 2.29. The van der Waals surface area contributed by atoms with E-state index in [1.54, 1.807) is 48.8 Å². The van der Waals surface area contributed by atoms with Gasteiger partial charge >= 0.3 is 6.09 Å². The van der Waals surface area contributed by atoms with Gasteiger partial charge in [0.1, 0.15) is 11.9 Å². The molecular formula is C25H23FN4O4. The van der Waals surface area contributed by atoms with Crippen LogP contribution in [0, 0.1) is 5.82 Å². The lowest BCUT2D eigenvalue weighted by Gasteiger charge is -2.15. The monoisotopic (exact) mass is 462 g/mol. The molecule has 34 heavy (non-hydrogen) atoms. The summed E-state index contributed by atoms with van der Waals surface area (Å²) in [5.74, 6) is -0.894. The first kappa shape index (κ1) is 22.9. The average molecular weight is 462 g/mol. The molecule has 1 aliphatic heterocycles. The number of carbonyl (C=O) groups excluding carboxylic acids is 3. The molecule has 2 aromatic carbocycles. The highest BCUT2D eigenvalue weighted by Gasteiger charge is 2.32. The predicted molar refractivity (Wildman–Crippen MR) is 124 cm³/mol. The number of benzene rings is 2. The van der Waals surface area contributed by atoms with E-state index in [-0.39, 0.29) is 24.9 Å². The van der Waals surface area contributed by atoms with Crippen molar-refractivity contribution in [3.63, 3.8) is 0 Å². The van der Waals surface area contributed by atoms with E-state index in [2.05, 4.69) is 15.6 Å². The van der Waals surface area contributed by atoms with Gasteiger partial charge in [-0.25, -0.2) is 9.18 Å². The normalized spacial score (nSPS) is 15.1. The molecule has 0 saturated carbocycles. The summed E-state index contributed by atoms with van der Waals surface area (Å²) >= 11 is 0. The molecule has 1 fully saturated rings. The van der Waals surface area contributed by atoms with Crippen molar-refractivity contribution < 1.29 is 23.5 Å². The van der Waals surface area contributed by atoms with Crippen molar-refractivity contribution in [1.82, 2.24) is 15.6 Å². The number of aromatic nitrogens is 1. The molecule has 0 aliphatic carbocycles. The highest BCUT2D eigenvalue weighted by molar-refractivity contribution is 5.94. The van der Waals surface area contributed by atoms with Crippen LogP contribution in [0.25, 0.3) is 11.1 Å².